The van der Waals surface area contributed by atoms with Crippen LogP contribution < -0.4 is 10.1 Å². The van der Waals surface area contributed by atoms with Crippen molar-refractivity contribution in [3.63, 3.8) is 0 Å². The van der Waals surface area contributed by atoms with Crippen molar-refractivity contribution in [1.29, 1.82) is 0 Å². The molecule has 2 aromatic carbocycles. The summed E-state index contributed by atoms with van der Waals surface area (Å²) in [7, 11) is 1.53. The number of methoxy groups -OCH3 is 1. The Balaban J connectivity index is 1.61. The van der Waals surface area contributed by atoms with Crippen LogP contribution in [0, 0.1) is 0 Å². The second-order valence-electron chi connectivity index (χ2n) is 6.68. The lowest BCUT2D eigenvalue weighted by Crippen LogP contribution is -2.30. The van der Waals surface area contributed by atoms with Gasteiger partial charge >= 0.3 is 5.97 Å². The van der Waals surface area contributed by atoms with Crippen LogP contribution in [-0.4, -0.2) is 43.6 Å². The third-order valence-electron chi connectivity index (χ3n) is 4.57. The predicted octanol–water partition coefficient (Wildman–Crippen LogP) is 4.15. The molecule has 0 spiro atoms. The van der Waals surface area contributed by atoms with E-state index in [1.54, 1.807) is 49.0 Å². The van der Waals surface area contributed by atoms with E-state index >= 15 is 0 Å². The smallest absolute Gasteiger partial charge is 0.340 e. The van der Waals surface area contributed by atoms with Gasteiger partial charge in [-0.15, -0.1) is 11.8 Å². The van der Waals surface area contributed by atoms with Crippen LogP contribution in [-0.2, 0) is 14.3 Å². The first-order valence-electron chi connectivity index (χ1n) is 9.56. The Kier molecular flexibility index (Phi) is 7.55. The molecule has 1 heterocycles. The summed E-state index contributed by atoms with van der Waals surface area (Å²) in [6.07, 6.45) is 1.38. The number of carbonyl (C=O) groups is 2. The summed E-state index contributed by atoms with van der Waals surface area (Å²) in [5.74, 6) is 0.374. The zero-order chi connectivity index (χ0) is 20.6. The molecule has 3 rings (SSSR count). The number of benzene rings is 2. The van der Waals surface area contributed by atoms with Gasteiger partial charge in [0, 0.05) is 17.3 Å². The molecule has 154 valence electrons. The van der Waals surface area contributed by atoms with E-state index in [1.165, 1.54) is 7.11 Å². The average molecular weight is 416 g/mol. The molecule has 1 aliphatic rings. The van der Waals surface area contributed by atoms with Crippen LogP contribution in [0.5, 0.6) is 5.75 Å². The lowest BCUT2D eigenvalue weighted by Gasteiger charge is -2.16. The third kappa shape index (κ3) is 5.74. The van der Waals surface area contributed by atoms with Crippen molar-refractivity contribution in [2.75, 3.05) is 24.8 Å². The molecule has 2 atom stereocenters. The fourth-order valence-electron chi connectivity index (χ4n) is 2.98. The molecule has 7 heteroatoms. The highest BCUT2D eigenvalue weighted by atomic mass is 32.2. The van der Waals surface area contributed by atoms with E-state index in [2.05, 4.69) is 5.32 Å². The van der Waals surface area contributed by atoms with Crippen molar-refractivity contribution in [2.24, 2.45) is 0 Å². The monoisotopic (exact) mass is 415 g/mol. The number of amides is 1. The van der Waals surface area contributed by atoms with Crippen molar-refractivity contribution in [2.45, 2.75) is 36.9 Å². The second-order valence-corrected chi connectivity index (χ2v) is 7.74. The molecule has 1 amide bonds. The molecule has 1 fully saturated rings. The molecule has 29 heavy (non-hydrogen) atoms. The van der Waals surface area contributed by atoms with Crippen LogP contribution in [0.15, 0.2) is 53.4 Å². The second kappa shape index (κ2) is 10.3. The first kappa shape index (κ1) is 21.2. The number of hydrogen-bond donors (Lipinski definition) is 1. The number of para-hydroxylation sites is 2. The number of anilines is 1. The Labute approximate surface area is 174 Å². The number of carbonyl (C=O) groups excluding carboxylic acids is 2. The Hall–Kier alpha value is -2.51. The largest absolute Gasteiger partial charge is 0.495 e. The van der Waals surface area contributed by atoms with Crippen LogP contribution in [0.2, 0.25) is 0 Å². The van der Waals surface area contributed by atoms with Crippen molar-refractivity contribution in [3.05, 3.63) is 54.1 Å². The van der Waals surface area contributed by atoms with Crippen molar-refractivity contribution >= 4 is 29.3 Å². The first-order valence-corrected chi connectivity index (χ1v) is 10.6. The van der Waals surface area contributed by atoms with E-state index in [1.807, 2.05) is 18.2 Å². The normalized spacial score (nSPS) is 16.8. The predicted molar refractivity (Wildman–Crippen MR) is 113 cm³/mol. The van der Waals surface area contributed by atoms with Gasteiger partial charge in [-0.2, -0.15) is 0 Å². The molecule has 6 nitrogen and oxygen atoms in total. The van der Waals surface area contributed by atoms with Crippen LogP contribution in [0.25, 0.3) is 0 Å². The summed E-state index contributed by atoms with van der Waals surface area (Å²) in [5.41, 5.74) is 0.975. The van der Waals surface area contributed by atoms with Crippen LogP contribution in [0.1, 0.15) is 30.1 Å². The van der Waals surface area contributed by atoms with Gasteiger partial charge in [-0.05, 0) is 44.0 Å². The summed E-state index contributed by atoms with van der Waals surface area (Å²) >= 11 is 1.57. The van der Waals surface area contributed by atoms with E-state index in [0.717, 1.165) is 30.1 Å². The van der Waals surface area contributed by atoms with Crippen LogP contribution in [0.4, 0.5) is 5.69 Å². The minimum absolute atomic E-state index is 0.217. The maximum atomic E-state index is 12.7. The molecule has 0 saturated carbocycles. The fourth-order valence-corrected chi connectivity index (χ4v) is 4.09. The summed E-state index contributed by atoms with van der Waals surface area (Å²) in [6, 6.07) is 14.3. The minimum Gasteiger partial charge on any atom is -0.495 e. The molecule has 0 unspecified atom stereocenters. The van der Waals surface area contributed by atoms with Gasteiger partial charge in [0.1, 0.15) is 5.75 Å². The van der Waals surface area contributed by atoms with E-state index in [9.17, 15) is 9.59 Å². The molecule has 2 aromatic rings. The highest BCUT2D eigenvalue weighted by Gasteiger charge is 2.23. The number of nitrogens with one attached hydrogen (secondary N) is 1. The zero-order valence-electron chi connectivity index (χ0n) is 16.6. The summed E-state index contributed by atoms with van der Waals surface area (Å²) in [6.45, 7) is 2.35. The van der Waals surface area contributed by atoms with Crippen LogP contribution in [0.3, 0.4) is 0 Å². The Morgan fingerprint density at radius 1 is 1.21 bits per heavy atom. The number of esters is 1. The van der Waals surface area contributed by atoms with Gasteiger partial charge in [0.25, 0.3) is 5.91 Å². The van der Waals surface area contributed by atoms with E-state index in [-0.39, 0.29) is 6.10 Å². The van der Waals surface area contributed by atoms with Crippen molar-refractivity contribution in [3.8, 4) is 5.75 Å². The fraction of sp³-hybridized carbons (Fsp3) is 0.364. The van der Waals surface area contributed by atoms with E-state index < -0.39 is 18.0 Å². The minimum atomic E-state index is -0.955. The quantitative estimate of drug-likeness (QED) is 0.516. The topological polar surface area (TPSA) is 73.9 Å². The summed E-state index contributed by atoms with van der Waals surface area (Å²) in [5, 5.41) is 2.73. The van der Waals surface area contributed by atoms with Gasteiger partial charge in [-0.25, -0.2) is 4.79 Å². The molecule has 0 bridgehead atoms. The molecule has 1 N–H and O–H groups in total. The average Bonchev–Trinajstić information content (AvgIpc) is 3.26. The van der Waals surface area contributed by atoms with E-state index in [0.29, 0.717) is 17.0 Å². The zero-order valence-corrected chi connectivity index (χ0v) is 17.4. The number of hydrogen-bond acceptors (Lipinski definition) is 6. The number of ether oxygens (including phenoxy) is 3. The van der Waals surface area contributed by atoms with Crippen molar-refractivity contribution < 1.29 is 23.8 Å². The Morgan fingerprint density at radius 3 is 2.72 bits per heavy atom. The van der Waals surface area contributed by atoms with Gasteiger partial charge in [0.15, 0.2) is 6.10 Å². The highest BCUT2D eigenvalue weighted by molar-refractivity contribution is 7.99. The van der Waals surface area contributed by atoms with E-state index in [4.69, 9.17) is 14.2 Å². The first-order chi connectivity index (χ1) is 14.1. The molecule has 0 radical (unpaired) electrons. The molecule has 0 aliphatic carbocycles. The third-order valence-corrected chi connectivity index (χ3v) is 5.78. The highest BCUT2D eigenvalue weighted by Crippen LogP contribution is 2.28. The SMILES string of the molecule is COc1ccccc1NC(=O)[C@H](C)OC(=O)c1ccccc1SC[C@@H]1CCCO1. The number of thioether (sulfide) groups is 1. The van der Waals surface area contributed by atoms with Gasteiger partial charge in [0.05, 0.1) is 24.5 Å². The van der Waals surface area contributed by atoms with Crippen LogP contribution >= 0.6 is 11.8 Å². The van der Waals surface area contributed by atoms with Gasteiger partial charge in [-0.1, -0.05) is 24.3 Å². The number of rotatable bonds is 8. The summed E-state index contributed by atoms with van der Waals surface area (Å²) in [4.78, 5) is 26.0. The van der Waals surface area contributed by atoms with Gasteiger partial charge in [0.2, 0.25) is 0 Å². The summed E-state index contributed by atoms with van der Waals surface area (Å²) < 4.78 is 16.3. The maximum Gasteiger partial charge on any atom is 0.340 e. The molecular weight excluding hydrogens is 390 g/mol. The van der Waals surface area contributed by atoms with Gasteiger partial charge in [-0.3, -0.25) is 4.79 Å². The van der Waals surface area contributed by atoms with Crippen molar-refractivity contribution in [1.82, 2.24) is 0 Å². The standard InChI is InChI=1S/C22H25NO5S/c1-15(21(24)23-18-10-4-5-11-19(18)26-2)28-22(25)17-9-3-6-12-20(17)29-14-16-8-7-13-27-16/h3-6,9-12,15-16H,7-8,13-14H2,1-2H3,(H,23,24)/t15-,16-/m0/s1. The molecule has 0 aromatic heterocycles. The lowest BCUT2D eigenvalue weighted by atomic mass is 10.2. The Bertz CT molecular complexity index is 851. The maximum absolute atomic E-state index is 12.7. The lowest BCUT2D eigenvalue weighted by molar-refractivity contribution is -0.123. The Morgan fingerprint density at radius 2 is 1.97 bits per heavy atom. The molecule has 1 aliphatic heterocycles. The van der Waals surface area contributed by atoms with Gasteiger partial charge < -0.3 is 19.5 Å². The molecule has 1 saturated heterocycles. The molecular formula is C22H25NO5S.